The van der Waals surface area contributed by atoms with Gasteiger partial charge in [0.05, 0.1) is 6.54 Å². The molecule has 1 aliphatic heterocycles. The van der Waals surface area contributed by atoms with Crippen LogP contribution in [0.1, 0.15) is 12.5 Å². The molecule has 0 spiro atoms. The number of likely N-dealkylation sites (N-methyl/N-ethyl adjacent to an activating group) is 1. The van der Waals surface area contributed by atoms with Crippen LogP contribution in [0, 0.1) is 5.82 Å². The SMILES string of the molecule is CN=C(NCc1ccc(N2CCN(C)CC2)nc1)NCC(C)Oc1ccc(F)cc1.I. The number of nitrogens with zero attached hydrogens (tertiary/aromatic N) is 4. The third-order valence-corrected chi connectivity index (χ3v) is 5.03. The van der Waals surface area contributed by atoms with Gasteiger partial charge < -0.3 is 25.2 Å². The zero-order valence-electron chi connectivity index (χ0n) is 18.3. The van der Waals surface area contributed by atoms with Gasteiger partial charge in [0.1, 0.15) is 23.5 Å². The largest absolute Gasteiger partial charge is 0.489 e. The van der Waals surface area contributed by atoms with Gasteiger partial charge in [-0.15, -0.1) is 24.0 Å². The predicted octanol–water partition coefficient (Wildman–Crippen LogP) is 2.72. The normalized spacial score (nSPS) is 15.7. The van der Waals surface area contributed by atoms with Crippen molar-refractivity contribution < 1.29 is 9.13 Å². The minimum atomic E-state index is -0.274. The summed E-state index contributed by atoms with van der Waals surface area (Å²) in [5.74, 6) is 2.08. The molecule has 0 saturated carbocycles. The lowest BCUT2D eigenvalue weighted by molar-refractivity contribution is 0.223. The fraction of sp³-hybridized carbons (Fsp3) is 0.455. The molecule has 1 atom stereocenters. The average molecular weight is 542 g/mol. The molecule has 1 fully saturated rings. The Balaban J connectivity index is 0.00000341. The van der Waals surface area contributed by atoms with Crippen LogP contribution < -0.4 is 20.3 Å². The Kier molecular flexibility index (Phi) is 10.3. The molecule has 1 unspecified atom stereocenters. The Morgan fingerprint density at radius 2 is 1.84 bits per heavy atom. The number of halogens is 2. The van der Waals surface area contributed by atoms with Crippen LogP contribution >= 0.6 is 24.0 Å². The van der Waals surface area contributed by atoms with E-state index >= 15 is 0 Å². The molecule has 2 aromatic rings. The lowest BCUT2D eigenvalue weighted by Gasteiger charge is -2.33. The highest BCUT2D eigenvalue weighted by atomic mass is 127. The summed E-state index contributed by atoms with van der Waals surface area (Å²) in [6.45, 7) is 7.30. The zero-order chi connectivity index (χ0) is 21.3. The van der Waals surface area contributed by atoms with Crippen LogP contribution in [0.25, 0.3) is 0 Å². The molecule has 2 N–H and O–H groups in total. The Morgan fingerprint density at radius 3 is 2.45 bits per heavy atom. The van der Waals surface area contributed by atoms with Gasteiger partial charge in [0.2, 0.25) is 0 Å². The zero-order valence-corrected chi connectivity index (χ0v) is 20.7. The number of nitrogens with one attached hydrogen (secondary N) is 2. The molecule has 31 heavy (non-hydrogen) atoms. The summed E-state index contributed by atoms with van der Waals surface area (Å²) in [6.07, 6.45) is 1.81. The maximum atomic E-state index is 13.0. The van der Waals surface area contributed by atoms with Gasteiger partial charge in [-0.2, -0.15) is 0 Å². The smallest absolute Gasteiger partial charge is 0.191 e. The van der Waals surface area contributed by atoms with Crippen molar-refractivity contribution >= 4 is 35.8 Å². The molecule has 0 radical (unpaired) electrons. The second-order valence-electron chi connectivity index (χ2n) is 7.50. The van der Waals surface area contributed by atoms with Crippen LogP contribution in [-0.4, -0.2) is 68.8 Å². The second-order valence-corrected chi connectivity index (χ2v) is 7.50. The number of piperazine rings is 1. The number of pyridine rings is 1. The molecule has 0 amide bonds. The number of guanidine groups is 1. The van der Waals surface area contributed by atoms with Crippen LogP contribution in [0.15, 0.2) is 47.6 Å². The lowest BCUT2D eigenvalue weighted by atomic mass is 10.2. The van der Waals surface area contributed by atoms with Gasteiger partial charge in [-0.3, -0.25) is 4.99 Å². The summed E-state index contributed by atoms with van der Waals surface area (Å²) in [5, 5.41) is 6.54. The van der Waals surface area contributed by atoms with E-state index in [9.17, 15) is 4.39 Å². The van der Waals surface area contributed by atoms with Crippen molar-refractivity contribution in [3.8, 4) is 5.75 Å². The van der Waals surface area contributed by atoms with Gasteiger partial charge in [0, 0.05) is 46.0 Å². The molecule has 1 aliphatic rings. The van der Waals surface area contributed by atoms with E-state index < -0.39 is 0 Å². The summed E-state index contributed by atoms with van der Waals surface area (Å²) < 4.78 is 18.8. The number of ether oxygens (including phenoxy) is 1. The highest BCUT2D eigenvalue weighted by Crippen LogP contribution is 2.14. The second kappa shape index (κ2) is 12.7. The molecule has 1 saturated heterocycles. The van der Waals surface area contributed by atoms with E-state index in [-0.39, 0.29) is 35.9 Å². The van der Waals surface area contributed by atoms with E-state index in [0.29, 0.717) is 24.8 Å². The van der Waals surface area contributed by atoms with Crippen molar-refractivity contribution in [2.45, 2.75) is 19.6 Å². The predicted molar refractivity (Wildman–Crippen MR) is 134 cm³/mol. The molecule has 7 nitrogen and oxygen atoms in total. The van der Waals surface area contributed by atoms with Crippen molar-refractivity contribution in [1.29, 1.82) is 0 Å². The first-order valence-electron chi connectivity index (χ1n) is 10.3. The van der Waals surface area contributed by atoms with Crippen molar-refractivity contribution in [2.24, 2.45) is 4.99 Å². The fourth-order valence-electron chi connectivity index (χ4n) is 3.18. The molecule has 1 aromatic heterocycles. The molecule has 0 bridgehead atoms. The summed E-state index contributed by atoms with van der Waals surface area (Å²) in [4.78, 5) is 13.5. The average Bonchev–Trinajstić information content (AvgIpc) is 2.76. The number of hydrogen-bond acceptors (Lipinski definition) is 5. The Labute approximate surface area is 201 Å². The van der Waals surface area contributed by atoms with Gasteiger partial charge in [-0.25, -0.2) is 9.37 Å². The van der Waals surface area contributed by atoms with E-state index in [1.54, 1.807) is 19.2 Å². The van der Waals surface area contributed by atoms with Crippen molar-refractivity contribution in [1.82, 2.24) is 20.5 Å². The van der Waals surface area contributed by atoms with Gasteiger partial charge in [0.15, 0.2) is 5.96 Å². The van der Waals surface area contributed by atoms with Gasteiger partial charge >= 0.3 is 0 Å². The highest BCUT2D eigenvalue weighted by molar-refractivity contribution is 14.0. The Bertz CT molecular complexity index is 810. The quantitative estimate of drug-likeness (QED) is 0.319. The van der Waals surface area contributed by atoms with Gasteiger partial charge in [-0.05, 0) is 49.9 Å². The van der Waals surface area contributed by atoms with Gasteiger partial charge in [-0.1, -0.05) is 6.07 Å². The van der Waals surface area contributed by atoms with E-state index in [0.717, 1.165) is 37.6 Å². The summed E-state index contributed by atoms with van der Waals surface area (Å²) in [5.41, 5.74) is 1.09. The molecule has 170 valence electrons. The summed E-state index contributed by atoms with van der Waals surface area (Å²) in [7, 11) is 3.88. The van der Waals surface area contributed by atoms with Crippen LogP contribution in [0.4, 0.5) is 10.2 Å². The molecular weight excluding hydrogens is 510 g/mol. The van der Waals surface area contributed by atoms with Crippen molar-refractivity contribution in [2.75, 3.05) is 51.7 Å². The minimum absolute atomic E-state index is 0. The van der Waals surface area contributed by atoms with Crippen LogP contribution in [0.3, 0.4) is 0 Å². The first-order valence-corrected chi connectivity index (χ1v) is 10.3. The molecule has 2 heterocycles. The number of rotatable bonds is 7. The third-order valence-electron chi connectivity index (χ3n) is 5.03. The van der Waals surface area contributed by atoms with Gasteiger partial charge in [0.25, 0.3) is 0 Å². The van der Waals surface area contributed by atoms with E-state index in [2.05, 4.69) is 49.6 Å². The molecular formula is C22H32FIN6O. The van der Waals surface area contributed by atoms with Crippen molar-refractivity contribution in [3.05, 3.63) is 54.0 Å². The topological polar surface area (TPSA) is 65.0 Å². The molecule has 1 aromatic carbocycles. The first kappa shape index (κ1) is 25.1. The fourth-order valence-corrected chi connectivity index (χ4v) is 3.18. The number of anilines is 1. The van der Waals surface area contributed by atoms with E-state index in [4.69, 9.17) is 4.74 Å². The lowest BCUT2D eigenvalue weighted by Crippen LogP contribution is -2.44. The molecule has 9 heteroatoms. The van der Waals surface area contributed by atoms with Crippen LogP contribution in [0.2, 0.25) is 0 Å². The van der Waals surface area contributed by atoms with Crippen LogP contribution in [-0.2, 0) is 6.54 Å². The van der Waals surface area contributed by atoms with E-state index in [1.807, 2.05) is 13.1 Å². The number of aromatic nitrogens is 1. The number of hydrogen-bond donors (Lipinski definition) is 2. The standard InChI is InChI=1S/C22H31FN6O.HI/c1-17(30-20-7-5-19(23)6-8-20)14-26-22(24-2)27-16-18-4-9-21(25-15-18)29-12-10-28(3)11-13-29;/h4-9,15,17H,10-14,16H2,1-3H3,(H2,24,26,27);1H. The molecule has 0 aliphatic carbocycles. The molecule has 3 rings (SSSR count). The minimum Gasteiger partial charge on any atom is -0.489 e. The van der Waals surface area contributed by atoms with Crippen molar-refractivity contribution in [3.63, 3.8) is 0 Å². The monoisotopic (exact) mass is 542 g/mol. The maximum Gasteiger partial charge on any atom is 0.191 e. The Morgan fingerprint density at radius 1 is 1.13 bits per heavy atom. The van der Waals surface area contributed by atoms with Crippen LogP contribution in [0.5, 0.6) is 5.75 Å². The Hall–Kier alpha value is -2.14. The first-order chi connectivity index (χ1) is 14.5. The highest BCUT2D eigenvalue weighted by Gasteiger charge is 2.15. The van der Waals surface area contributed by atoms with E-state index in [1.165, 1.54) is 12.1 Å². The number of aliphatic imine (C=N–C) groups is 1. The summed E-state index contributed by atoms with van der Waals surface area (Å²) in [6, 6.07) is 10.2. The number of benzene rings is 1. The summed E-state index contributed by atoms with van der Waals surface area (Å²) >= 11 is 0. The third kappa shape index (κ3) is 8.13. The maximum absolute atomic E-state index is 13.0.